The summed E-state index contributed by atoms with van der Waals surface area (Å²) >= 11 is 12.0. The van der Waals surface area contributed by atoms with E-state index >= 15 is 0 Å². The molecule has 1 N–H and O–H groups in total. The van der Waals surface area contributed by atoms with Crippen LogP contribution in [0.25, 0.3) is 0 Å². The second-order valence-corrected chi connectivity index (χ2v) is 5.98. The number of carbonyl (C=O) groups is 1. The third-order valence-electron chi connectivity index (χ3n) is 2.87. The summed E-state index contributed by atoms with van der Waals surface area (Å²) in [6.45, 7) is 11.3. The smallest absolute Gasteiger partial charge is 0.503 e. The van der Waals surface area contributed by atoms with Crippen molar-refractivity contribution in [2.75, 3.05) is 0 Å². The Morgan fingerprint density at radius 1 is 1.38 bits per heavy atom. The molecular formula is C17H19Cl2N2O2U. The van der Waals surface area contributed by atoms with E-state index in [1.54, 1.807) is 0 Å². The van der Waals surface area contributed by atoms with Gasteiger partial charge in [-0.3, -0.25) is 11.7 Å². The van der Waals surface area contributed by atoms with Gasteiger partial charge in [-0.25, -0.2) is 0 Å². The number of hydrogen-bond acceptors (Lipinski definition) is 2. The zero-order valence-corrected chi connectivity index (χ0v) is 19.3. The largest absolute Gasteiger partial charge is 3.00 e. The molecule has 1 aromatic carbocycles. The predicted octanol–water partition coefficient (Wildman–Crippen LogP) is 4.44. The van der Waals surface area contributed by atoms with Crippen LogP contribution in [0.1, 0.15) is 36.8 Å². The van der Waals surface area contributed by atoms with Gasteiger partial charge in [0.2, 0.25) is 0 Å². The number of benzene rings is 1. The van der Waals surface area contributed by atoms with Gasteiger partial charge in [-0.05, 0) is 23.5 Å². The third-order valence-corrected chi connectivity index (χ3v) is 3.61. The molecule has 127 valence electrons. The Morgan fingerprint density at radius 3 is 2.42 bits per heavy atom. The summed E-state index contributed by atoms with van der Waals surface area (Å²) in [7, 11) is 0. The molecule has 0 saturated carbocycles. The Kier molecular flexibility index (Phi) is 10.8. The van der Waals surface area contributed by atoms with Crippen LogP contribution in [-0.2, 0) is 17.8 Å². The molecule has 1 aromatic heterocycles. The number of carboxylic acids is 1. The first-order valence-electron chi connectivity index (χ1n) is 7.01. The molecule has 0 aliphatic rings. The maximum Gasteiger partial charge on any atom is 3.00 e. The van der Waals surface area contributed by atoms with Gasteiger partial charge in [0.1, 0.15) is 0 Å². The van der Waals surface area contributed by atoms with Crippen LogP contribution in [0.3, 0.4) is 0 Å². The van der Waals surface area contributed by atoms with Crippen molar-refractivity contribution in [1.29, 1.82) is 0 Å². The van der Waals surface area contributed by atoms with E-state index in [0.29, 0.717) is 28.9 Å². The van der Waals surface area contributed by atoms with Crippen molar-refractivity contribution >= 4 is 29.2 Å². The molecular weight excluding hydrogens is 573 g/mol. The number of aliphatic carboxylic acids is 1. The zero-order chi connectivity index (χ0) is 17.6. The van der Waals surface area contributed by atoms with E-state index in [4.69, 9.17) is 33.1 Å². The summed E-state index contributed by atoms with van der Waals surface area (Å²) in [6.07, 6.45) is 3.91. The molecule has 0 bridgehead atoms. The van der Waals surface area contributed by atoms with E-state index in [9.17, 15) is 0 Å². The van der Waals surface area contributed by atoms with Crippen molar-refractivity contribution in [3.63, 3.8) is 0 Å². The fourth-order valence-electron chi connectivity index (χ4n) is 1.93. The van der Waals surface area contributed by atoms with Gasteiger partial charge in [0.15, 0.2) is 5.97 Å². The standard InChI is InChI=1S/C15H16Cl2N2.C2H3O2.U/c1-4-12-9-19(15(18-12)10(2)3)8-11-5-6-13(16)14(17)7-11;1-2(3)4;/h5-7,10H,1,4,8H2,2-3H3;1H2,(H,3,4);/q-2;-1;+3. The van der Waals surface area contributed by atoms with Gasteiger partial charge in [-0.2, -0.15) is 12.6 Å². The van der Waals surface area contributed by atoms with Crippen LogP contribution in [0.15, 0.2) is 18.2 Å². The van der Waals surface area contributed by atoms with Crippen molar-refractivity contribution in [2.45, 2.75) is 32.7 Å². The van der Waals surface area contributed by atoms with Crippen LogP contribution in [0.5, 0.6) is 0 Å². The van der Waals surface area contributed by atoms with Crippen LogP contribution < -0.4 is 0 Å². The van der Waals surface area contributed by atoms with E-state index in [-0.39, 0.29) is 31.1 Å². The summed E-state index contributed by atoms with van der Waals surface area (Å²) in [5, 5.41) is 8.45. The predicted molar refractivity (Wildman–Crippen MR) is 92.8 cm³/mol. The number of hydrogen-bond donors (Lipinski definition) is 1. The summed E-state index contributed by atoms with van der Waals surface area (Å²) in [5.74, 6) is 0.282. The molecule has 24 heavy (non-hydrogen) atoms. The van der Waals surface area contributed by atoms with E-state index in [0.717, 1.165) is 17.1 Å². The van der Waals surface area contributed by atoms with Gasteiger partial charge in [0.25, 0.3) is 0 Å². The second kappa shape index (κ2) is 11.1. The maximum absolute atomic E-state index is 8.89. The quantitative estimate of drug-likeness (QED) is 0.535. The third kappa shape index (κ3) is 7.53. The molecule has 0 aliphatic heterocycles. The van der Waals surface area contributed by atoms with Crippen LogP contribution in [0.2, 0.25) is 10.0 Å². The van der Waals surface area contributed by atoms with E-state index in [1.807, 2.05) is 22.8 Å². The fraction of sp³-hybridized carbons (Fsp3) is 0.294. The van der Waals surface area contributed by atoms with Gasteiger partial charge < -0.3 is 21.6 Å². The van der Waals surface area contributed by atoms with Crippen molar-refractivity contribution in [1.82, 2.24) is 9.55 Å². The first-order valence-corrected chi connectivity index (χ1v) is 7.76. The summed E-state index contributed by atoms with van der Waals surface area (Å²) in [6, 6.07) is 5.66. The van der Waals surface area contributed by atoms with E-state index in [1.165, 1.54) is 0 Å². The average molecular weight is 592 g/mol. The molecule has 0 unspecified atom stereocenters. The van der Waals surface area contributed by atoms with Crippen LogP contribution >= 0.6 is 23.2 Å². The van der Waals surface area contributed by atoms with Crippen molar-refractivity contribution in [3.8, 4) is 0 Å². The first kappa shape index (κ1) is 23.4. The Labute approximate surface area is 176 Å². The Morgan fingerprint density at radius 2 is 1.96 bits per heavy atom. The minimum atomic E-state index is -1.08. The number of rotatable bonds is 4. The molecule has 1 heterocycles. The topological polar surface area (TPSA) is 55.1 Å². The van der Waals surface area contributed by atoms with E-state index in [2.05, 4.69) is 38.9 Å². The summed E-state index contributed by atoms with van der Waals surface area (Å²) < 4.78 is 2.03. The average Bonchev–Trinajstić information content (AvgIpc) is 2.85. The molecule has 2 aromatic rings. The fourth-order valence-corrected chi connectivity index (χ4v) is 2.25. The summed E-state index contributed by atoms with van der Waals surface area (Å²) in [5.41, 5.74) is 1.98. The Bertz CT molecular complexity index is 669. The Balaban J connectivity index is 0.000000954. The maximum atomic E-state index is 8.89. The SMILES string of the molecule is [CH2-]C(=O)O.[CH2-]Cc1[c-]n(Cc2ccc(Cl)c(Cl)c2)c(C(C)C)n1.[U+3]. The normalized spacial score (nSPS) is 9.92. The minimum absolute atomic E-state index is 0. The molecule has 4 nitrogen and oxygen atoms in total. The minimum Gasteiger partial charge on any atom is -0.503 e. The molecule has 0 amide bonds. The number of halogens is 2. The molecule has 2 rings (SSSR count). The molecule has 0 saturated heterocycles. The van der Waals surface area contributed by atoms with Crippen molar-refractivity contribution in [3.05, 3.63) is 65.4 Å². The molecule has 0 fully saturated rings. The summed E-state index contributed by atoms with van der Waals surface area (Å²) in [4.78, 5) is 13.4. The molecule has 0 aliphatic carbocycles. The van der Waals surface area contributed by atoms with Crippen molar-refractivity contribution < 1.29 is 41.0 Å². The molecule has 1 radical (unpaired) electrons. The number of aromatic nitrogens is 2. The van der Waals surface area contributed by atoms with Crippen LogP contribution in [0.4, 0.5) is 0 Å². The molecule has 0 spiro atoms. The van der Waals surface area contributed by atoms with E-state index < -0.39 is 5.97 Å². The van der Waals surface area contributed by atoms with Crippen molar-refractivity contribution in [2.24, 2.45) is 0 Å². The first-order chi connectivity index (χ1) is 10.7. The van der Waals surface area contributed by atoms with Gasteiger partial charge in [-0.15, -0.1) is 0 Å². The van der Waals surface area contributed by atoms with Crippen LogP contribution in [-0.4, -0.2) is 20.6 Å². The number of carboxylic acid groups (broad SMARTS) is 1. The molecule has 7 heteroatoms. The van der Waals surface area contributed by atoms with Gasteiger partial charge in [0, 0.05) is 6.54 Å². The zero-order valence-electron chi connectivity index (χ0n) is 13.6. The second-order valence-electron chi connectivity index (χ2n) is 5.16. The van der Waals surface area contributed by atoms with Gasteiger partial charge in [-0.1, -0.05) is 54.7 Å². The van der Waals surface area contributed by atoms with Crippen LogP contribution in [0, 0.1) is 51.2 Å². The van der Waals surface area contributed by atoms with Gasteiger partial charge >= 0.3 is 31.1 Å². The molecule has 0 atom stereocenters. The number of imidazole rings is 1. The Hall–Kier alpha value is -0.598. The van der Waals surface area contributed by atoms with Gasteiger partial charge in [0.05, 0.1) is 10.0 Å². The number of nitrogens with zero attached hydrogens (tertiary/aromatic N) is 2. The monoisotopic (exact) mass is 591 g/mol.